The Balaban J connectivity index is 1.63. The number of benzene rings is 2. The second-order valence-electron chi connectivity index (χ2n) is 6.50. The standard InChI is InChI=1S/C21H25N3O2/c1-2-11-23-20(25)16-7-5-8-17(13-16)21(26)24-14-19-18-9-4-3-6-15(18)10-12-22-19/h3-9,13,19,22H,2,10-12,14H2,1H3,(H,23,25)(H,24,26). The van der Waals surface area contributed by atoms with Gasteiger partial charge in [0.05, 0.1) is 0 Å². The molecule has 0 spiro atoms. The lowest BCUT2D eigenvalue weighted by Gasteiger charge is -2.27. The van der Waals surface area contributed by atoms with Crippen LogP contribution in [-0.2, 0) is 6.42 Å². The third-order valence-corrected chi connectivity index (χ3v) is 4.60. The van der Waals surface area contributed by atoms with Gasteiger partial charge in [-0.25, -0.2) is 0 Å². The molecule has 0 radical (unpaired) electrons. The third-order valence-electron chi connectivity index (χ3n) is 4.60. The molecule has 2 aromatic rings. The van der Waals surface area contributed by atoms with E-state index in [0.717, 1.165) is 19.4 Å². The smallest absolute Gasteiger partial charge is 0.251 e. The van der Waals surface area contributed by atoms with E-state index in [1.54, 1.807) is 24.3 Å². The maximum atomic E-state index is 12.5. The van der Waals surface area contributed by atoms with Crippen molar-refractivity contribution in [1.29, 1.82) is 0 Å². The van der Waals surface area contributed by atoms with Crippen molar-refractivity contribution in [3.8, 4) is 0 Å². The minimum Gasteiger partial charge on any atom is -0.352 e. The Hall–Kier alpha value is -2.66. The van der Waals surface area contributed by atoms with E-state index in [1.165, 1.54) is 11.1 Å². The van der Waals surface area contributed by atoms with E-state index in [-0.39, 0.29) is 17.9 Å². The monoisotopic (exact) mass is 351 g/mol. The van der Waals surface area contributed by atoms with Crippen molar-refractivity contribution in [2.24, 2.45) is 0 Å². The summed E-state index contributed by atoms with van der Waals surface area (Å²) in [5.74, 6) is -0.315. The molecule has 0 fully saturated rings. The first kappa shape index (κ1) is 18.1. The molecule has 1 heterocycles. The van der Waals surface area contributed by atoms with Crippen LogP contribution in [-0.4, -0.2) is 31.4 Å². The molecule has 1 aliphatic heterocycles. The van der Waals surface area contributed by atoms with E-state index in [4.69, 9.17) is 0 Å². The van der Waals surface area contributed by atoms with Crippen molar-refractivity contribution in [3.05, 3.63) is 70.8 Å². The summed E-state index contributed by atoms with van der Waals surface area (Å²) in [5, 5.41) is 9.27. The quantitative estimate of drug-likeness (QED) is 0.749. The molecule has 5 nitrogen and oxygen atoms in total. The van der Waals surface area contributed by atoms with Crippen LogP contribution in [0.3, 0.4) is 0 Å². The van der Waals surface area contributed by atoms with Gasteiger partial charge in [0.15, 0.2) is 0 Å². The Morgan fingerprint density at radius 2 is 1.77 bits per heavy atom. The Morgan fingerprint density at radius 1 is 1.04 bits per heavy atom. The number of rotatable bonds is 6. The molecule has 0 saturated heterocycles. The van der Waals surface area contributed by atoms with E-state index in [9.17, 15) is 9.59 Å². The SMILES string of the molecule is CCCNC(=O)c1cccc(C(=O)NCC2NCCc3ccccc32)c1. The molecule has 0 saturated carbocycles. The van der Waals surface area contributed by atoms with Crippen molar-refractivity contribution < 1.29 is 9.59 Å². The summed E-state index contributed by atoms with van der Waals surface area (Å²) in [7, 11) is 0. The summed E-state index contributed by atoms with van der Waals surface area (Å²) in [6.07, 6.45) is 1.89. The van der Waals surface area contributed by atoms with E-state index < -0.39 is 0 Å². The molecule has 2 aromatic carbocycles. The zero-order valence-corrected chi connectivity index (χ0v) is 15.0. The first-order chi connectivity index (χ1) is 12.7. The van der Waals surface area contributed by atoms with E-state index in [1.807, 2.05) is 13.0 Å². The maximum absolute atomic E-state index is 12.5. The summed E-state index contributed by atoms with van der Waals surface area (Å²) in [6, 6.07) is 15.3. The molecule has 0 aliphatic carbocycles. The molecular formula is C21H25N3O2. The van der Waals surface area contributed by atoms with Gasteiger partial charge in [0, 0.05) is 30.3 Å². The molecule has 3 N–H and O–H groups in total. The second-order valence-corrected chi connectivity index (χ2v) is 6.50. The average molecular weight is 351 g/mol. The Kier molecular flexibility index (Phi) is 6.02. The summed E-state index contributed by atoms with van der Waals surface area (Å²) in [6.45, 7) is 4.05. The molecule has 1 unspecified atom stereocenters. The van der Waals surface area contributed by atoms with Gasteiger partial charge in [-0.2, -0.15) is 0 Å². The Bertz CT molecular complexity index is 788. The van der Waals surface area contributed by atoms with Crippen molar-refractivity contribution in [1.82, 2.24) is 16.0 Å². The summed E-state index contributed by atoms with van der Waals surface area (Å²) >= 11 is 0. The second kappa shape index (κ2) is 8.63. The molecule has 0 bridgehead atoms. The number of carbonyl (C=O) groups is 2. The zero-order chi connectivity index (χ0) is 18.4. The fourth-order valence-corrected chi connectivity index (χ4v) is 3.21. The Morgan fingerprint density at radius 3 is 2.54 bits per heavy atom. The number of hydrogen-bond acceptors (Lipinski definition) is 3. The maximum Gasteiger partial charge on any atom is 0.251 e. The van der Waals surface area contributed by atoms with Gasteiger partial charge in [0.25, 0.3) is 11.8 Å². The van der Waals surface area contributed by atoms with Crippen molar-refractivity contribution >= 4 is 11.8 Å². The Labute approximate surface area is 154 Å². The number of fused-ring (bicyclic) bond motifs is 1. The fraction of sp³-hybridized carbons (Fsp3) is 0.333. The highest BCUT2D eigenvalue weighted by molar-refractivity contribution is 5.99. The van der Waals surface area contributed by atoms with Gasteiger partial charge in [-0.05, 0) is 48.7 Å². The molecule has 0 aromatic heterocycles. The number of carbonyl (C=O) groups excluding carboxylic acids is 2. The van der Waals surface area contributed by atoms with Crippen molar-refractivity contribution in [2.45, 2.75) is 25.8 Å². The predicted molar refractivity (Wildman–Crippen MR) is 102 cm³/mol. The molecule has 1 aliphatic rings. The molecule has 26 heavy (non-hydrogen) atoms. The van der Waals surface area contributed by atoms with Crippen LogP contribution in [0.5, 0.6) is 0 Å². The van der Waals surface area contributed by atoms with Crippen LogP contribution >= 0.6 is 0 Å². The molecule has 2 amide bonds. The molecule has 3 rings (SSSR count). The number of nitrogens with one attached hydrogen (secondary N) is 3. The van der Waals surface area contributed by atoms with Gasteiger partial charge in [-0.1, -0.05) is 37.3 Å². The van der Waals surface area contributed by atoms with Gasteiger partial charge in [-0.15, -0.1) is 0 Å². The van der Waals surface area contributed by atoms with Crippen LogP contribution in [0.1, 0.15) is 51.2 Å². The molecular weight excluding hydrogens is 326 g/mol. The fourth-order valence-electron chi connectivity index (χ4n) is 3.21. The highest BCUT2D eigenvalue weighted by atomic mass is 16.2. The number of hydrogen-bond donors (Lipinski definition) is 3. The normalized spacial score (nSPS) is 15.8. The van der Waals surface area contributed by atoms with E-state index in [2.05, 4.69) is 34.1 Å². The minimum absolute atomic E-state index is 0.111. The summed E-state index contributed by atoms with van der Waals surface area (Å²) in [4.78, 5) is 24.6. The molecule has 1 atom stereocenters. The lowest BCUT2D eigenvalue weighted by molar-refractivity contribution is 0.0949. The highest BCUT2D eigenvalue weighted by Crippen LogP contribution is 2.22. The molecule has 136 valence electrons. The van der Waals surface area contributed by atoms with Crippen LogP contribution in [0.2, 0.25) is 0 Å². The van der Waals surface area contributed by atoms with Crippen molar-refractivity contribution in [2.75, 3.05) is 19.6 Å². The van der Waals surface area contributed by atoms with E-state index in [0.29, 0.717) is 24.2 Å². The van der Waals surface area contributed by atoms with Crippen LogP contribution < -0.4 is 16.0 Å². The van der Waals surface area contributed by atoms with Crippen LogP contribution in [0, 0.1) is 0 Å². The predicted octanol–water partition coefficient (Wildman–Crippen LogP) is 2.44. The number of amides is 2. The summed E-state index contributed by atoms with van der Waals surface area (Å²) < 4.78 is 0. The average Bonchev–Trinajstić information content (AvgIpc) is 2.70. The van der Waals surface area contributed by atoms with Crippen LogP contribution in [0.25, 0.3) is 0 Å². The first-order valence-electron chi connectivity index (χ1n) is 9.16. The lowest BCUT2D eigenvalue weighted by atomic mass is 9.94. The van der Waals surface area contributed by atoms with Gasteiger partial charge in [-0.3, -0.25) is 9.59 Å². The minimum atomic E-state index is -0.167. The highest BCUT2D eigenvalue weighted by Gasteiger charge is 2.20. The van der Waals surface area contributed by atoms with Gasteiger partial charge in [0.1, 0.15) is 0 Å². The van der Waals surface area contributed by atoms with Crippen LogP contribution in [0.15, 0.2) is 48.5 Å². The summed E-state index contributed by atoms with van der Waals surface area (Å²) in [5.41, 5.74) is 3.58. The topological polar surface area (TPSA) is 70.2 Å². The third kappa shape index (κ3) is 4.29. The van der Waals surface area contributed by atoms with E-state index >= 15 is 0 Å². The first-order valence-corrected chi connectivity index (χ1v) is 9.16. The van der Waals surface area contributed by atoms with Gasteiger partial charge >= 0.3 is 0 Å². The lowest BCUT2D eigenvalue weighted by Crippen LogP contribution is -2.38. The van der Waals surface area contributed by atoms with Crippen LogP contribution in [0.4, 0.5) is 0 Å². The largest absolute Gasteiger partial charge is 0.352 e. The zero-order valence-electron chi connectivity index (χ0n) is 15.0. The molecule has 5 heteroatoms. The van der Waals surface area contributed by atoms with Gasteiger partial charge < -0.3 is 16.0 Å². The van der Waals surface area contributed by atoms with Gasteiger partial charge in [0.2, 0.25) is 0 Å². The van der Waals surface area contributed by atoms with Crippen molar-refractivity contribution in [3.63, 3.8) is 0 Å².